The number of hydrogen-bond acceptors (Lipinski definition) is 3. The molecule has 0 unspecified atom stereocenters. The summed E-state index contributed by atoms with van der Waals surface area (Å²) in [7, 11) is -3.58. The van der Waals surface area contributed by atoms with E-state index in [1.165, 1.54) is 24.3 Å². The van der Waals surface area contributed by atoms with Crippen LogP contribution in [0.3, 0.4) is 0 Å². The van der Waals surface area contributed by atoms with Crippen LogP contribution in [-0.4, -0.2) is 8.42 Å². The molecule has 0 aromatic heterocycles. The summed E-state index contributed by atoms with van der Waals surface area (Å²) in [6.45, 7) is 4.00. The van der Waals surface area contributed by atoms with Crippen molar-refractivity contribution >= 4 is 15.7 Å². The normalized spacial score (nSPS) is 10.1. The van der Waals surface area contributed by atoms with Gasteiger partial charge in [0.15, 0.2) is 0 Å². The van der Waals surface area contributed by atoms with Crippen LogP contribution in [0.5, 0.6) is 0 Å². The fraction of sp³-hybridized carbons (Fsp3) is 0.250. The zero-order valence-electron chi connectivity index (χ0n) is 7.69. The molecule has 0 saturated heterocycles. The average Bonchev–Trinajstić information content (AvgIpc) is 2.07. The van der Waals surface area contributed by atoms with Crippen molar-refractivity contribution in [2.24, 2.45) is 5.14 Å². The topological polar surface area (TPSA) is 86.2 Å². The third kappa shape index (κ3) is 3.91. The summed E-state index contributed by atoms with van der Waals surface area (Å²) in [5.74, 6) is 0. The lowest BCUT2D eigenvalue weighted by atomic mass is 10.3. The van der Waals surface area contributed by atoms with Crippen molar-refractivity contribution in [3.05, 3.63) is 24.3 Å². The minimum absolute atomic E-state index is 0.0756. The predicted molar refractivity (Wildman–Crippen MR) is 53.6 cm³/mol. The van der Waals surface area contributed by atoms with E-state index in [-0.39, 0.29) is 4.90 Å². The van der Waals surface area contributed by atoms with Gasteiger partial charge in [-0.15, -0.1) is 0 Å². The maximum Gasteiger partial charge on any atom is 0.238 e. The number of anilines is 1. The summed E-state index contributed by atoms with van der Waals surface area (Å²) in [6, 6.07) is 5.70. The first-order chi connectivity index (χ1) is 6.00. The van der Waals surface area contributed by atoms with E-state index in [4.69, 9.17) is 10.9 Å². The lowest BCUT2D eigenvalue weighted by molar-refractivity contribution is 0.598. The van der Waals surface area contributed by atoms with Gasteiger partial charge in [0.25, 0.3) is 0 Å². The van der Waals surface area contributed by atoms with Gasteiger partial charge < -0.3 is 5.73 Å². The van der Waals surface area contributed by atoms with Crippen molar-refractivity contribution in [1.29, 1.82) is 0 Å². The van der Waals surface area contributed by atoms with Gasteiger partial charge in [-0.25, -0.2) is 13.6 Å². The monoisotopic (exact) mass is 202 g/mol. The van der Waals surface area contributed by atoms with Crippen LogP contribution >= 0.6 is 0 Å². The SMILES string of the molecule is CC.Nc1ccc(S(N)(=O)=O)cc1. The molecular formula is C8H14N2O2S. The summed E-state index contributed by atoms with van der Waals surface area (Å²) in [4.78, 5) is 0.0756. The Kier molecular flexibility index (Phi) is 4.44. The van der Waals surface area contributed by atoms with Gasteiger partial charge in [0.05, 0.1) is 4.90 Å². The van der Waals surface area contributed by atoms with E-state index in [0.29, 0.717) is 5.69 Å². The van der Waals surface area contributed by atoms with Crippen molar-refractivity contribution < 1.29 is 8.42 Å². The fourth-order valence-corrected chi connectivity index (χ4v) is 1.17. The van der Waals surface area contributed by atoms with E-state index in [1.807, 2.05) is 13.8 Å². The van der Waals surface area contributed by atoms with Crippen LogP contribution in [0.1, 0.15) is 13.8 Å². The Labute approximate surface area is 78.6 Å². The highest BCUT2D eigenvalue weighted by Gasteiger charge is 2.04. The Balaban J connectivity index is 0.000000671. The maximum absolute atomic E-state index is 10.7. The van der Waals surface area contributed by atoms with Crippen LogP contribution in [0.25, 0.3) is 0 Å². The molecule has 74 valence electrons. The Morgan fingerprint density at radius 1 is 1.08 bits per heavy atom. The lowest BCUT2D eigenvalue weighted by Crippen LogP contribution is -2.11. The van der Waals surface area contributed by atoms with Crippen LogP contribution in [0.15, 0.2) is 29.2 Å². The first kappa shape index (κ1) is 11.9. The molecular weight excluding hydrogens is 188 g/mol. The minimum Gasteiger partial charge on any atom is -0.399 e. The van der Waals surface area contributed by atoms with Gasteiger partial charge in [0.2, 0.25) is 10.0 Å². The predicted octanol–water partition coefficient (Wildman–Crippen LogP) is 0.942. The first-order valence-corrected chi connectivity index (χ1v) is 5.43. The molecule has 1 rings (SSSR count). The highest BCUT2D eigenvalue weighted by Crippen LogP contribution is 2.08. The molecule has 0 atom stereocenters. The smallest absolute Gasteiger partial charge is 0.238 e. The zero-order chi connectivity index (χ0) is 10.5. The summed E-state index contributed by atoms with van der Waals surface area (Å²) in [6.07, 6.45) is 0. The molecule has 4 nitrogen and oxygen atoms in total. The average molecular weight is 202 g/mol. The Morgan fingerprint density at radius 3 is 1.77 bits per heavy atom. The van der Waals surface area contributed by atoms with Gasteiger partial charge in [-0.05, 0) is 24.3 Å². The van der Waals surface area contributed by atoms with Crippen molar-refractivity contribution in [3.63, 3.8) is 0 Å². The summed E-state index contributed by atoms with van der Waals surface area (Å²) in [5.41, 5.74) is 5.85. The molecule has 0 heterocycles. The number of benzene rings is 1. The molecule has 0 aliphatic carbocycles. The molecule has 0 aliphatic heterocycles. The van der Waals surface area contributed by atoms with E-state index >= 15 is 0 Å². The number of primary sulfonamides is 1. The van der Waals surface area contributed by atoms with Crippen molar-refractivity contribution in [1.82, 2.24) is 0 Å². The minimum atomic E-state index is -3.58. The number of nitrogen functional groups attached to an aromatic ring is 1. The molecule has 0 fully saturated rings. The molecule has 4 N–H and O–H groups in total. The number of sulfonamides is 1. The second kappa shape index (κ2) is 4.84. The largest absolute Gasteiger partial charge is 0.399 e. The van der Waals surface area contributed by atoms with Gasteiger partial charge in [-0.3, -0.25) is 0 Å². The van der Waals surface area contributed by atoms with E-state index in [2.05, 4.69) is 0 Å². The van der Waals surface area contributed by atoms with Crippen LogP contribution in [0.2, 0.25) is 0 Å². The van der Waals surface area contributed by atoms with Gasteiger partial charge in [0.1, 0.15) is 0 Å². The molecule has 0 bridgehead atoms. The summed E-state index contributed by atoms with van der Waals surface area (Å²) >= 11 is 0. The molecule has 0 spiro atoms. The van der Waals surface area contributed by atoms with Gasteiger partial charge >= 0.3 is 0 Å². The molecule has 0 amide bonds. The Morgan fingerprint density at radius 2 is 1.46 bits per heavy atom. The van der Waals surface area contributed by atoms with Crippen molar-refractivity contribution in [2.75, 3.05) is 5.73 Å². The highest BCUT2D eigenvalue weighted by atomic mass is 32.2. The van der Waals surface area contributed by atoms with Crippen molar-refractivity contribution in [3.8, 4) is 0 Å². The van der Waals surface area contributed by atoms with Crippen LogP contribution < -0.4 is 10.9 Å². The first-order valence-electron chi connectivity index (χ1n) is 3.88. The van der Waals surface area contributed by atoms with Gasteiger partial charge in [-0.1, -0.05) is 13.8 Å². The highest BCUT2D eigenvalue weighted by molar-refractivity contribution is 7.89. The zero-order valence-corrected chi connectivity index (χ0v) is 8.51. The third-order valence-electron chi connectivity index (χ3n) is 1.21. The van der Waals surface area contributed by atoms with E-state index in [0.717, 1.165) is 0 Å². The molecule has 0 aliphatic rings. The molecule has 1 aromatic rings. The third-order valence-corrected chi connectivity index (χ3v) is 2.14. The van der Waals surface area contributed by atoms with E-state index < -0.39 is 10.0 Å². The maximum atomic E-state index is 10.7. The molecule has 0 saturated carbocycles. The molecule has 13 heavy (non-hydrogen) atoms. The van der Waals surface area contributed by atoms with Gasteiger partial charge in [0, 0.05) is 5.69 Å². The number of rotatable bonds is 1. The standard InChI is InChI=1S/C6H8N2O2S.C2H6/c7-5-1-3-6(4-2-5)11(8,9)10;1-2/h1-4H,7H2,(H2,8,9,10);1-2H3. The van der Waals surface area contributed by atoms with Crippen LogP contribution in [0.4, 0.5) is 5.69 Å². The van der Waals surface area contributed by atoms with Crippen LogP contribution in [0, 0.1) is 0 Å². The fourth-order valence-electron chi connectivity index (χ4n) is 0.658. The van der Waals surface area contributed by atoms with E-state index in [1.54, 1.807) is 0 Å². The summed E-state index contributed by atoms with van der Waals surface area (Å²) < 4.78 is 21.4. The molecule has 5 heteroatoms. The molecule has 0 radical (unpaired) electrons. The lowest BCUT2D eigenvalue weighted by Gasteiger charge is -1.96. The van der Waals surface area contributed by atoms with Crippen molar-refractivity contribution in [2.45, 2.75) is 18.7 Å². The number of hydrogen-bond donors (Lipinski definition) is 2. The number of nitrogens with two attached hydrogens (primary N) is 2. The van der Waals surface area contributed by atoms with Gasteiger partial charge in [-0.2, -0.15) is 0 Å². The van der Waals surface area contributed by atoms with Crippen LogP contribution in [-0.2, 0) is 10.0 Å². The Bertz CT molecular complexity index is 343. The van der Waals surface area contributed by atoms with E-state index in [9.17, 15) is 8.42 Å². The second-order valence-corrected chi connectivity index (χ2v) is 3.68. The Hall–Kier alpha value is -1.07. The quantitative estimate of drug-likeness (QED) is 0.664. The second-order valence-electron chi connectivity index (χ2n) is 2.11. The summed E-state index contributed by atoms with van der Waals surface area (Å²) in [5, 5.41) is 4.84. The molecule has 1 aromatic carbocycles.